The summed E-state index contributed by atoms with van der Waals surface area (Å²) in [6, 6.07) is 0. The molecule has 3 N–H and O–H groups in total. The first-order valence-corrected chi connectivity index (χ1v) is 5.77. The lowest BCUT2D eigenvalue weighted by Gasteiger charge is -2.24. The molecule has 0 spiro atoms. The summed E-state index contributed by atoms with van der Waals surface area (Å²) in [5.74, 6) is -0.708. The van der Waals surface area contributed by atoms with Crippen molar-refractivity contribution in [3.8, 4) is 0 Å². The smallest absolute Gasteiger partial charge is 0.475 e. The quantitative estimate of drug-likeness (QED) is 0.749. The number of carboxylic acid groups (broad SMARTS) is 1. The highest BCUT2D eigenvalue weighted by atomic mass is 32.2. The molecule has 1 amide bonds. The first kappa shape index (κ1) is 16.0. The number of carbonyl (C=O) groups is 2. The monoisotopic (exact) mass is 274 g/mol. The molecule has 1 aliphatic heterocycles. The molecule has 1 rings (SSSR count). The number of nitrogens with zero attached hydrogens (tertiary/aromatic N) is 1. The van der Waals surface area contributed by atoms with Crippen molar-refractivity contribution in [2.24, 2.45) is 5.73 Å². The van der Waals surface area contributed by atoms with Gasteiger partial charge in [0.25, 0.3) is 0 Å². The van der Waals surface area contributed by atoms with Crippen LogP contribution in [0.4, 0.5) is 13.2 Å². The molecule has 0 aromatic rings. The van der Waals surface area contributed by atoms with Crippen molar-refractivity contribution in [3.63, 3.8) is 0 Å². The van der Waals surface area contributed by atoms with Crippen molar-refractivity contribution in [1.82, 2.24) is 4.90 Å². The number of hydrogen-bond donors (Lipinski definition) is 2. The molecule has 0 aliphatic carbocycles. The van der Waals surface area contributed by atoms with Crippen molar-refractivity contribution >= 4 is 23.6 Å². The maximum absolute atomic E-state index is 10.6. The fourth-order valence-electron chi connectivity index (χ4n) is 0.980. The number of nitrogens with two attached hydrogens (primary N) is 1. The van der Waals surface area contributed by atoms with E-state index in [0.717, 1.165) is 24.6 Å². The van der Waals surface area contributed by atoms with E-state index in [1.54, 1.807) is 0 Å². The lowest BCUT2D eigenvalue weighted by Crippen LogP contribution is -2.39. The van der Waals surface area contributed by atoms with Crippen LogP contribution in [0.3, 0.4) is 0 Å². The van der Waals surface area contributed by atoms with E-state index < -0.39 is 12.1 Å². The van der Waals surface area contributed by atoms with Gasteiger partial charge >= 0.3 is 12.1 Å². The van der Waals surface area contributed by atoms with Crippen LogP contribution >= 0.6 is 11.8 Å². The Labute approximate surface area is 100 Å². The molecule has 0 unspecified atom stereocenters. The van der Waals surface area contributed by atoms with Crippen LogP contribution < -0.4 is 5.73 Å². The second kappa shape index (κ2) is 7.38. The van der Waals surface area contributed by atoms with Gasteiger partial charge in [-0.05, 0) is 0 Å². The van der Waals surface area contributed by atoms with Gasteiger partial charge in [-0.25, -0.2) is 4.79 Å². The summed E-state index contributed by atoms with van der Waals surface area (Å²) in [6.07, 6.45) is -5.08. The van der Waals surface area contributed by atoms with Crippen LogP contribution in [0, 0.1) is 0 Å². The van der Waals surface area contributed by atoms with Crippen molar-refractivity contribution in [2.45, 2.75) is 6.18 Å². The van der Waals surface area contributed by atoms with Crippen LogP contribution in [0.25, 0.3) is 0 Å². The van der Waals surface area contributed by atoms with Gasteiger partial charge in [0, 0.05) is 24.6 Å². The Morgan fingerprint density at radius 2 is 1.71 bits per heavy atom. The highest BCUT2D eigenvalue weighted by Gasteiger charge is 2.38. The Kier molecular flexibility index (Phi) is 6.97. The van der Waals surface area contributed by atoms with Crippen molar-refractivity contribution in [3.05, 3.63) is 0 Å². The molecule has 5 nitrogen and oxygen atoms in total. The number of primary amides is 1. The van der Waals surface area contributed by atoms with Crippen LogP contribution in [0.2, 0.25) is 0 Å². The highest BCUT2D eigenvalue weighted by Crippen LogP contribution is 2.13. The van der Waals surface area contributed by atoms with Gasteiger partial charge in [-0.3, -0.25) is 9.69 Å². The summed E-state index contributed by atoms with van der Waals surface area (Å²) in [4.78, 5) is 21.4. The molecule has 1 heterocycles. The molecule has 100 valence electrons. The lowest BCUT2D eigenvalue weighted by atomic mass is 10.4. The summed E-state index contributed by atoms with van der Waals surface area (Å²) < 4.78 is 31.7. The topological polar surface area (TPSA) is 83.6 Å². The van der Waals surface area contributed by atoms with Gasteiger partial charge in [0.2, 0.25) is 5.91 Å². The Balaban J connectivity index is 0.000000325. The van der Waals surface area contributed by atoms with Crippen LogP contribution in [0.5, 0.6) is 0 Å². The number of thioether (sulfide) groups is 1. The van der Waals surface area contributed by atoms with Gasteiger partial charge in [-0.1, -0.05) is 0 Å². The summed E-state index contributed by atoms with van der Waals surface area (Å²) in [7, 11) is 0. The number of alkyl halides is 3. The molecular weight excluding hydrogens is 261 g/mol. The molecule has 1 fully saturated rings. The predicted molar refractivity (Wildman–Crippen MR) is 56.7 cm³/mol. The van der Waals surface area contributed by atoms with Crippen molar-refractivity contribution in [2.75, 3.05) is 31.1 Å². The largest absolute Gasteiger partial charge is 0.490 e. The maximum Gasteiger partial charge on any atom is 0.490 e. The van der Waals surface area contributed by atoms with Gasteiger partial charge in [0.1, 0.15) is 0 Å². The maximum atomic E-state index is 10.6. The van der Waals surface area contributed by atoms with Crippen LogP contribution in [-0.2, 0) is 9.59 Å². The molecule has 0 aromatic carbocycles. The Hall–Kier alpha value is -0.960. The third-order valence-electron chi connectivity index (χ3n) is 1.73. The number of rotatable bonds is 2. The average Bonchev–Trinajstić information content (AvgIpc) is 2.17. The normalized spacial score (nSPS) is 16.9. The van der Waals surface area contributed by atoms with Crippen molar-refractivity contribution in [1.29, 1.82) is 0 Å². The zero-order valence-electron chi connectivity index (χ0n) is 8.87. The third-order valence-corrected chi connectivity index (χ3v) is 2.67. The number of hydrogen-bond acceptors (Lipinski definition) is 4. The highest BCUT2D eigenvalue weighted by molar-refractivity contribution is 7.99. The van der Waals surface area contributed by atoms with Gasteiger partial charge in [0.15, 0.2) is 0 Å². The summed E-state index contributed by atoms with van der Waals surface area (Å²) >= 11 is 1.93. The number of aliphatic carboxylic acids is 1. The summed E-state index contributed by atoms with van der Waals surface area (Å²) in [6.45, 7) is 2.45. The van der Waals surface area contributed by atoms with Gasteiger partial charge < -0.3 is 10.8 Å². The van der Waals surface area contributed by atoms with Gasteiger partial charge in [-0.15, -0.1) is 0 Å². The van der Waals surface area contributed by atoms with Crippen molar-refractivity contribution < 1.29 is 27.9 Å². The number of halogens is 3. The molecule has 0 atom stereocenters. The molecule has 17 heavy (non-hydrogen) atoms. The zero-order valence-corrected chi connectivity index (χ0v) is 9.68. The van der Waals surface area contributed by atoms with E-state index in [0.29, 0.717) is 6.54 Å². The average molecular weight is 274 g/mol. The van der Waals surface area contributed by atoms with E-state index in [2.05, 4.69) is 4.90 Å². The molecule has 0 bridgehead atoms. The van der Waals surface area contributed by atoms with Crippen LogP contribution in [-0.4, -0.2) is 59.2 Å². The lowest BCUT2D eigenvalue weighted by molar-refractivity contribution is -0.192. The molecule has 0 aromatic heterocycles. The van der Waals surface area contributed by atoms with Crippen LogP contribution in [0.15, 0.2) is 0 Å². The zero-order chi connectivity index (χ0) is 13.5. The summed E-state index contributed by atoms with van der Waals surface area (Å²) in [5.41, 5.74) is 5.04. The van der Waals surface area contributed by atoms with Crippen LogP contribution in [0.1, 0.15) is 0 Å². The number of carbonyl (C=O) groups excluding carboxylic acids is 1. The van der Waals surface area contributed by atoms with E-state index in [-0.39, 0.29) is 5.91 Å². The number of carboxylic acids is 1. The Bertz CT molecular complexity index is 267. The minimum atomic E-state index is -5.08. The third kappa shape index (κ3) is 8.81. The van der Waals surface area contributed by atoms with E-state index in [1.807, 2.05) is 11.8 Å². The molecule has 1 saturated heterocycles. The predicted octanol–water partition coefficient (Wildman–Crippen LogP) is 0.154. The standard InChI is InChI=1S/C6H12N2OS.C2HF3O2/c7-6(9)5-8-1-3-10-4-2-8;3-2(4,5)1(6)7/h1-5H2,(H2,7,9);(H,6,7). The van der Waals surface area contributed by atoms with E-state index in [4.69, 9.17) is 15.6 Å². The van der Waals surface area contributed by atoms with E-state index >= 15 is 0 Å². The van der Waals surface area contributed by atoms with Gasteiger partial charge in [0.05, 0.1) is 6.54 Å². The fourth-order valence-corrected chi connectivity index (χ4v) is 1.96. The molecular formula is C8H13F3N2O3S. The van der Waals surface area contributed by atoms with E-state index in [1.165, 1.54) is 0 Å². The first-order valence-electron chi connectivity index (χ1n) is 4.62. The SMILES string of the molecule is NC(=O)CN1CCSCC1.O=C(O)C(F)(F)F. The Morgan fingerprint density at radius 1 is 1.29 bits per heavy atom. The fraction of sp³-hybridized carbons (Fsp3) is 0.750. The molecule has 0 saturated carbocycles. The minimum Gasteiger partial charge on any atom is -0.475 e. The second-order valence-corrected chi connectivity index (χ2v) is 4.38. The first-order chi connectivity index (χ1) is 7.73. The summed E-state index contributed by atoms with van der Waals surface area (Å²) in [5, 5.41) is 7.12. The minimum absolute atomic E-state index is 0.216. The molecule has 9 heteroatoms. The van der Waals surface area contributed by atoms with E-state index in [9.17, 15) is 18.0 Å². The Morgan fingerprint density at radius 3 is 2.00 bits per heavy atom. The molecule has 1 aliphatic rings. The molecule has 0 radical (unpaired) electrons. The number of amides is 1. The second-order valence-electron chi connectivity index (χ2n) is 3.16. The van der Waals surface area contributed by atoms with Gasteiger partial charge in [-0.2, -0.15) is 24.9 Å².